The highest BCUT2D eigenvalue weighted by Gasteiger charge is 2.42. The molecule has 1 amide bonds. The van der Waals surface area contributed by atoms with Gasteiger partial charge in [-0.05, 0) is 26.2 Å². The van der Waals surface area contributed by atoms with E-state index in [1.807, 2.05) is 6.92 Å². The highest BCUT2D eigenvalue weighted by atomic mass is 16.3. The van der Waals surface area contributed by atoms with Crippen LogP contribution in [0.3, 0.4) is 0 Å². The van der Waals surface area contributed by atoms with Crippen LogP contribution in [0.25, 0.3) is 0 Å². The summed E-state index contributed by atoms with van der Waals surface area (Å²) in [5, 5.41) is 11.9. The molecule has 0 heterocycles. The summed E-state index contributed by atoms with van der Waals surface area (Å²) in [5.41, 5.74) is 4.95. The molecule has 0 aliphatic heterocycles. The molecule has 4 heteroatoms. The van der Waals surface area contributed by atoms with Gasteiger partial charge in [0, 0.05) is 12.0 Å². The first kappa shape index (κ1) is 11.5. The fourth-order valence-corrected chi connectivity index (χ4v) is 1.20. The number of carbonyl (C=O) groups excluding carboxylic acids is 1. The molecular weight excluding hydrogens is 180 g/mol. The largest absolute Gasteiger partial charge is 0.396 e. The Kier molecular flexibility index (Phi) is 3.17. The van der Waals surface area contributed by atoms with E-state index < -0.39 is 5.54 Å². The predicted molar refractivity (Wildman–Crippen MR) is 54.6 cm³/mol. The summed E-state index contributed by atoms with van der Waals surface area (Å²) in [5.74, 6) is -0.125. The Morgan fingerprint density at radius 2 is 2.21 bits per heavy atom. The van der Waals surface area contributed by atoms with Crippen molar-refractivity contribution in [2.75, 3.05) is 13.2 Å². The fourth-order valence-electron chi connectivity index (χ4n) is 1.20. The summed E-state index contributed by atoms with van der Waals surface area (Å²) in [6.07, 6.45) is 2.61. The average molecular weight is 200 g/mol. The smallest absolute Gasteiger partial charge is 0.239 e. The second-order valence-electron chi connectivity index (χ2n) is 4.61. The first-order valence-electron chi connectivity index (χ1n) is 5.14. The normalized spacial score (nSPS) is 22.6. The number of rotatable bonds is 5. The average Bonchev–Trinajstić information content (AvgIpc) is 2.95. The van der Waals surface area contributed by atoms with E-state index in [2.05, 4.69) is 5.32 Å². The minimum atomic E-state index is -0.786. The topological polar surface area (TPSA) is 75.4 Å². The molecule has 1 fully saturated rings. The summed E-state index contributed by atoms with van der Waals surface area (Å²) in [6.45, 7) is 4.31. The van der Waals surface area contributed by atoms with Gasteiger partial charge in [0.15, 0.2) is 0 Å². The fraction of sp³-hybridized carbons (Fsp3) is 0.900. The Hall–Kier alpha value is -0.610. The zero-order chi connectivity index (χ0) is 10.8. The molecule has 82 valence electrons. The van der Waals surface area contributed by atoms with Gasteiger partial charge in [0.2, 0.25) is 5.91 Å². The maximum Gasteiger partial charge on any atom is 0.239 e. The highest BCUT2D eigenvalue weighted by molar-refractivity contribution is 5.85. The zero-order valence-corrected chi connectivity index (χ0v) is 8.97. The van der Waals surface area contributed by atoms with Gasteiger partial charge in [-0.1, -0.05) is 6.92 Å². The third kappa shape index (κ3) is 2.45. The van der Waals surface area contributed by atoms with E-state index in [1.165, 1.54) is 0 Å². The lowest BCUT2D eigenvalue weighted by molar-refractivity contribution is -0.126. The molecule has 0 aromatic heterocycles. The second kappa shape index (κ2) is 3.87. The van der Waals surface area contributed by atoms with Crippen molar-refractivity contribution < 1.29 is 9.90 Å². The predicted octanol–water partition coefficient (Wildman–Crippen LogP) is 0.00250. The summed E-state index contributed by atoms with van der Waals surface area (Å²) in [7, 11) is 0. The summed E-state index contributed by atoms with van der Waals surface area (Å²) in [6, 6.07) is 0. The lowest BCUT2D eigenvalue weighted by Gasteiger charge is -2.23. The van der Waals surface area contributed by atoms with E-state index in [0.29, 0.717) is 13.0 Å². The van der Waals surface area contributed by atoms with Crippen molar-refractivity contribution >= 4 is 5.91 Å². The number of aliphatic hydroxyl groups excluding tert-OH is 1. The van der Waals surface area contributed by atoms with Crippen LogP contribution in [-0.2, 0) is 4.79 Å². The number of hydrogen-bond donors (Lipinski definition) is 3. The third-order valence-electron chi connectivity index (χ3n) is 3.17. The summed E-state index contributed by atoms with van der Waals surface area (Å²) >= 11 is 0. The van der Waals surface area contributed by atoms with Gasteiger partial charge in [0.05, 0.1) is 12.1 Å². The standard InChI is InChI=1S/C10H20N2O2/c1-3-9(2,11)8(14)12-6-10(7-13)4-5-10/h13H,3-7,11H2,1-2H3,(H,12,14). The molecule has 1 saturated carbocycles. The van der Waals surface area contributed by atoms with Gasteiger partial charge in [-0.15, -0.1) is 0 Å². The minimum Gasteiger partial charge on any atom is -0.396 e. The van der Waals surface area contributed by atoms with Gasteiger partial charge in [0.1, 0.15) is 0 Å². The van der Waals surface area contributed by atoms with Gasteiger partial charge in [-0.25, -0.2) is 0 Å². The van der Waals surface area contributed by atoms with Gasteiger partial charge in [-0.2, -0.15) is 0 Å². The molecular formula is C10H20N2O2. The van der Waals surface area contributed by atoms with Crippen molar-refractivity contribution in [3.8, 4) is 0 Å². The first-order valence-corrected chi connectivity index (χ1v) is 5.14. The van der Waals surface area contributed by atoms with E-state index >= 15 is 0 Å². The second-order valence-corrected chi connectivity index (χ2v) is 4.61. The number of hydrogen-bond acceptors (Lipinski definition) is 3. The van der Waals surface area contributed by atoms with Crippen molar-refractivity contribution in [1.82, 2.24) is 5.32 Å². The van der Waals surface area contributed by atoms with E-state index in [0.717, 1.165) is 12.8 Å². The van der Waals surface area contributed by atoms with Crippen molar-refractivity contribution in [2.45, 2.75) is 38.6 Å². The monoisotopic (exact) mass is 200 g/mol. The molecule has 1 unspecified atom stereocenters. The number of carbonyl (C=O) groups is 1. The summed E-state index contributed by atoms with van der Waals surface area (Å²) < 4.78 is 0. The molecule has 0 spiro atoms. The van der Waals surface area contributed by atoms with E-state index in [-0.39, 0.29) is 17.9 Å². The lowest BCUT2D eigenvalue weighted by atomic mass is 9.99. The van der Waals surface area contributed by atoms with E-state index in [1.54, 1.807) is 6.92 Å². The van der Waals surface area contributed by atoms with Crippen molar-refractivity contribution in [1.29, 1.82) is 0 Å². The molecule has 1 aliphatic rings. The van der Waals surface area contributed by atoms with Crippen LogP contribution in [0.15, 0.2) is 0 Å². The van der Waals surface area contributed by atoms with Crippen LogP contribution in [-0.4, -0.2) is 29.7 Å². The first-order chi connectivity index (χ1) is 6.46. The Labute approximate surface area is 84.9 Å². The van der Waals surface area contributed by atoms with Crippen molar-refractivity contribution in [3.63, 3.8) is 0 Å². The molecule has 1 atom stereocenters. The molecule has 0 aromatic carbocycles. The van der Waals surface area contributed by atoms with Crippen LogP contribution < -0.4 is 11.1 Å². The van der Waals surface area contributed by atoms with Crippen LogP contribution in [0.2, 0.25) is 0 Å². The Bertz CT molecular complexity index is 222. The molecule has 0 saturated heterocycles. The summed E-state index contributed by atoms with van der Waals surface area (Å²) in [4.78, 5) is 11.6. The van der Waals surface area contributed by atoms with Gasteiger partial charge in [-0.3, -0.25) is 4.79 Å². The molecule has 1 aliphatic carbocycles. The number of aliphatic hydroxyl groups is 1. The molecule has 0 aromatic rings. The zero-order valence-electron chi connectivity index (χ0n) is 8.97. The Morgan fingerprint density at radius 1 is 1.64 bits per heavy atom. The van der Waals surface area contributed by atoms with Crippen molar-refractivity contribution in [3.05, 3.63) is 0 Å². The highest BCUT2D eigenvalue weighted by Crippen LogP contribution is 2.44. The third-order valence-corrected chi connectivity index (χ3v) is 3.17. The lowest BCUT2D eigenvalue weighted by Crippen LogP contribution is -2.52. The Morgan fingerprint density at radius 3 is 2.57 bits per heavy atom. The maximum absolute atomic E-state index is 11.6. The molecule has 14 heavy (non-hydrogen) atoms. The SMILES string of the molecule is CCC(C)(N)C(=O)NCC1(CO)CC1. The quantitative estimate of drug-likeness (QED) is 0.585. The maximum atomic E-state index is 11.6. The molecule has 1 rings (SSSR count). The molecule has 0 bridgehead atoms. The molecule has 0 radical (unpaired) electrons. The van der Waals surface area contributed by atoms with Crippen molar-refractivity contribution in [2.24, 2.45) is 11.1 Å². The number of nitrogens with two attached hydrogens (primary N) is 1. The Balaban J connectivity index is 2.35. The van der Waals surface area contributed by atoms with Crippen LogP contribution in [0.4, 0.5) is 0 Å². The van der Waals surface area contributed by atoms with Gasteiger partial charge < -0.3 is 16.2 Å². The van der Waals surface area contributed by atoms with Crippen LogP contribution in [0.5, 0.6) is 0 Å². The van der Waals surface area contributed by atoms with Gasteiger partial charge in [0.25, 0.3) is 0 Å². The molecule has 4 nitrogen and oxygen atoms in total. The minimum absolute atomic E-state index is 0.0422. The van der Waals surface area contributed by atoms with E-state index in [9.17, 15) is 4.79 Å². The van der Waals surface area contributed by atoms with Gasteiger partial charge >= 0.3 is 0 Å². The van der Waals surface area contributed by atoms with E-state index in [4.69, 9.17) is 10.8 Å². The number of nitrogens with one attached hydrogen (secondary N) is 1. The van der Waals surface area contributed by atoms with Crippen LogP contribution >= 0.6 is 0 Å². The van der Waals surface area contributed by atoms with Crippen LogP contribution in [0, 0.1) is 5.41 Å². The molecule has 4 N–H and O–H groups in total. The van der Waals surface area contributed by atoms with Crippen LogP contribution in [0.1, 0.15) is 33.1 Å². The number of amides is 1.